The lowest BCUT2D eigenvalue weighted by molar-refractivity contribution is -0.192. The maximum Gasteiger partial charge on any atom is 0.490 e. The topological polar surface area (TPSA) is 80.6 Å². The molecule has 6 nitrogen and oxygen atoms in total. The smallest absolute Gasteiger partial charge is 0.487 e. The Morgan fingerprint density at radius 3 is 2.42 bits per heavy atom. The third-order valence-electron chi connectivity index (χ3n) is 5.30. The van der Waals surface area contributed by atoms with Gasteiger partial charge in [0.05, 0.1) is 6.54 Å². The van der Waals surface area contributed by atoms with E-state index in [4.69, 9.17) is 26.2 Å². The van der Waals surface area contributed by atoms with Crippen molar-refractivity contribution in [3.63, 3.8) is 0 Å². The van der Waals surface area contributed by atoms with E-state index in [1.807, 2.05) is 6.07 Å². The molecular weight excluding hydrogens is 511 g/mol. The highest BCUT2D eigenvalue weighted by atomic mass is 35.5. The van der Waals surface area contributed by atoms with Crippen LogP contribution in [-0.2, 0) is 31.0 Å². The van der Waals surface area contributed by atoms with Crippen molar-refractivity contribution in [3.05, 3.63) is 97.4 Å². The number of carboxylic acid groups (broad SMARTS) is 1. The van der Waals surface area contributed by atoms with Crippen molar-refractivity contribution in [1.29, 1.82) is 0 Å². The summed E-state index contributed by atoms with van der Waals surface area (Å²) in [4.78, 5) is 21.7. The molecule has 2 aromatic carbocycles. The van der Waals surface area contributed by atoms with Gasteiger partial charge >= 0.3 is 12.1 Å². The summed E-state index contributed by atoms with van der Waals surface area (Å²) < 4.78 is 65.7. The van der Waals surface area contributed by atoms with E-state index in [1.165, 1.54) is 17.2 Å². The van der Waals surface area contributed by atoms with Crippen LogP contribution in [0.2, 0.25) is 5.02 Å². The summed E-state index contributed by atoms with van der Waals surface area (Å²) in [6, 6.07) is 11.1. The quantitative estimate of drug-likeness (QED) is 0.456. The summed E-state index contributed by atoms with van der Waals surface area (Å²) in [6.45, 7) is 3.71. The lowest BCUT2D eigenvalue weighted by Crippen LogP contribution is -2.24. The highest BCUT2D eigenvalue weighted by molar-refractivity contribution is 6.31. The number of fused-ring (bicyclic) bond motifs is 1. The fourth-order valence-electron chi connectivity index (χ4n) is 3.44. The SMILES string of the molecule is Cc1cc(OCc2ccc(F)cc2F)c(Cl)c(=O)n1Cc1ccc2c(c1)CNC2.O=C(O)C(F)(F)F. The van der Waals surface area contributed by atoms with Gasteiger partial charge in [-0.2, -0.15) is 13.2 Å². The number of hydrogen-bond acceptors (Lipinski definition) is 4. The number of ether oxygens (including phenoxy) is 1. The van der Waals surface area contributed by atoms with Gasteiger partial charge in [-0.3, -0.25) is 4.79 Å². The van der Waals surface area contributed by atoms with Gasteiger partial charge < -0.3 is 19.7 Å². The number of alkyl halides is 3. The minimum absolute atomic E-state index is 0.0686. The number of carboxylic acids is 1. The van der Waals surface area contributed by atoms with E-state index < -0.39 is 23.8 Å². The number of aromatic nitrogens is 1. The van der Waals surface area contributed by atoms with Crippen LogP contribution in [0.15, 0.2) is 47.3 Å². The lowest BCUT2D eigenvalue weighted by atomic mass is 10.1. The molecule has 1 aliphatic rings. The van der Waals surface area contributed by atoms with Gasteiger partial charge in [-0.25, -0.2) is 13.6 Å². The Bertz CT molecular complexity index is 1340. The number of benzene rings is 2. The lowest BCUT2D eigenvalue weighted by Gasteiger charge is -2.15. The van der Waals surface area contributed by atoms with E-state index in [-0.39, 0.29) is 28.5 Å². The molecule has 4 rings (SSSR count). The monoisotopic (exact) mass is 530 g/mol. The number of carbonyl (C=O) groups is 1. The molecule has 12 heteroatoms. The summed E-state index contributed by atoms with van der Waals surface area (Å²) in [7, 11) is 0. The Morgan fingerprint density at radius 1 is 1.11 bits per heavy atom. The van der Waals surface area contributed by atoms with Gasteiger partial charge in [-0.05, 0) is 35.7 Å². The first-order valence-corrected chi connectivity index (χ1v) is 10.8. The van der Waals surface area contributed by atoms with Gasteiger partial charge in [0, 0.05) is 36.5 Å². The van der Waals surface area contributed by atoms with Gasteiger partial charge in [0.2, 0.25) is 0 Å². The molecule has 192 valence electrons. The number of rotatable bonds is 5. The maximum absolute atomic E-state index is 13.8. The summed E-state index contributed by atoms with van der Waals surface area (Å²) in [5.41, 5.74) is 3.99. The Morgan fingerprint density at radius 2 is 1.78 bits per heavy atom. The molecular formula is C24H20ClF5N2O4. The molecule has 0 saturated carbocycles. The van der Waals surface area contributed by atoms with Crippen molar-refractivity contribution in [2.75, 3.05) is 0 Å². The van der Waals surface area contributed by atoms with E-state index in [0.29, 0.717) is 12.2 Å². The van der Waals surface area contributed by atoms with Gasteiger partial charge in [0.25, 0.3) is 5.56 Å². The van der Waals surface area contributed by atoms with Crippen molar-refractivity contribution in [3.8, 4) is 5.75 Å². The second-order valence-electron chi connectivity index (χ2n) is 7.89. The molecule has 2 heterocycles. The minimum Gasteiger partial charge on any atom is -0.487 e. The number of pyridine rings is 1. The first kappa shape index (κ1) is 27.2. The number of aryl methyl sites for hydroxylation is 1. The van der Waals surface area contributed by atoms with Crippen LogP contribution in [0.4, 0.5) is 22.0 Å². The van der Waals surface area contributed by atoms with Crippen LogP contribution >= 0.6 is 11.6 Å². The summed E-state index contributed by atoms with van der Waals surface area (Å²) in [6.07, 6.45) is -5.08. The average molecular weight is 531 g/mol. The van der Waals surface area contributed by atoms with Crippen molar-refractivity contribution in [1.82, 2.24) is 9.88 Å². The molecule has 1 aliphatic heterocycles. The second kappa shape index (κ2) is 11.1. The Labute approximate surface area is 206 Å². The first-order valence-electron chi connectivity index (χ1n) is 10.4. The molecule has 1 aromatic heterocycles. The molecule has 0 amide bonds. The van der Waals surface area contributed by atoms with Crippen LogP contribution in [-0.4, -0.2) is 21.8 Å². The van der Waals surface area contributed by atoms with Crippen molar-refractivity contribution in [2.45, 2.75) is 39.3 Å². The molecule has 2 N–H and O–H groups in total. The number of hydrogen-bond donors (Lipinski definition) is 2. The number of nitrogens with one attached hydrogen (secondary N) is 1. The molecule has 0 bridgehead atoms. The predicted octanol–water partition coefficient (Wildman–Crippen LogP) is 4.95. The van der Waals surface area contributed by atoms with Crippen LogP contribution in [0.3, 0.4) is 0 Å². The van der Waals surface area contributed by atoms with Gasteiger partial charge in [0.15, 0.2) is 0 Å². The van der Waals surface area contributed by atoms with Crippen LogP contribution in [0, 0.1) is 18.6 Å². The highest BCUT2D eigenvalue weighted by Crippen LogP contribution is 2.25. The molecule has 0 spiro atoms. The molecule has 0 aliphatic carbocycles. The zero-order valence-corrected chi connectivity index (χ0v) is 19.5. The summed E-state index contributed by atoms with van der Waals surface area (Å²) in [5, 5.41) is 10.4. The van der Waals surface area contributed by atoms with E-state index in [1.54, 1.807) is 17.6 Å². The summed E-state index contributed by atoms with van der Waals surface area (Å²) >= 11 is 6.24. The fourth-order valence-corrected chi connectivity index (χ4v) is 3.65. The van der Waals surface area contributed by atoms with Crippen LogP contribution in [0.5, 0.6) is 5.75 Å². The summed E-state index contributed by atoms with van der Waals surface area (Å²) in [5.74, 6) is -3.96. The van der Waals surface area contributed by atoms with Gasteiger partial charge in [-0.15, -0.1) is 0 Å². The average Bonchev–Trinajstić information content (AvgIpc) is 3.27. The maximum atomic E-state index is 13.8. The van der Waals surface area contributed by atoms with E-state index in [9.17, 15) is 26.7 Å². The molecule has 0 atom stereocenters. The molecule has 36 heavy (non-hydrogen) atoms. The molecule has 3 aromatic rings. The largest absolute Gasteiger partial charge is 0.490 e. The zero-order valence-electron chi connectivity index (χ0n) is 18.8. The van der Waals surface area contributed by atoms with Crippen molar-refractivity contribution >= 4 is 17.6 Å². The van der Waals surface area contributed by atoms with Crippen LogP contribution < -0.4 is 15.6 Å². The van der Waals surface area contributed by atoms with Crippen LogP contribution in [0.1, 0.15) is 27.9 Å². The highest BCUT2D eigenvalue weighted by Gasteiger charge is 2.38. The zero-order chi connectivity index (χ0) is 26.6. The first-order chi connectivity index (χ1) is 16.9. The molecule has 0 fully saturated rings. The van der Waals surface area contributed by atoms with Crippen molar-refractivity contribution in [2.24, 2.45) is 0 Å². The van der Waals surface area contributed by atoms with Crippen LogP contribution in [0.25, 0.3) is 0 Å². The normalized spacial score (nSPS) is 12.5. The Balaban J connectivity index is 0.000000454. The Kier molecular flexibility index (Phi) is 8.36. The van der Waals surface area contributed by atoms with E-state index in [0.717, 1.165) is 30.8 Å². The third kappa shape index (κ3) is 6.61. The van der Waals surface area contributed by atoms with E-state index >= 15 is 0 Å². The van der Waals surface area contributed by atoms with Gasteiger partial charge in [0.1, 0.15) is 29.0 Å². The minimum atomic E-state index is -5.08. The van der Waals surface area contributed by atoms with Crippen molar-refractivity contribution < 1.29 is 36.6 Å². The predicted molar refractivity (Wildman–Crippen MR) is 121 cm³/mol. The molecule has 0 unspecified atom stereocenters. The standard InChI is InChI=1S/C22H19ClF2N2O2.C2HF3O2/c1-13-6-20(29-12-16-4-5-18(24)8-19(16)25)21(23)22(28)27(13)11-14-2-3-15-9-26-10-17(15)7-14;3-2(4,5)1(6)7/h2-8,26H,9-12H2,1H3;(H,6,7). The number of aliphatic carboxylic acids is 1. The molecule has 0 radical (unpaired) electrons. The van der Waals surface area contributed by atoms with Gasteiger partial charge in [-0.1, -0.05) is 29.8 Å². The fraction of sp³-hybridized carbons (Fsp3) is 0.250. The number of halogens is 6. The second-order valence-corrected chi connectivity index (χ2v) is 8.27. The third-order valence-corrected chi connectivity index (χ3v) is 5.65. The van der Waals surface area contributed by atoms with E-state index in [2.05, 4.69) is 17.4 Å². The Hall–Kier alpha value is -3.44. The molecule has 0 saturated heterocycles. The number of nitrogens with zero attached hydrogens (tertiary/aromatic N) is 1.